The van der Waals surface area contributed by atoms with Gasteiger partial charge in [-0.2, -0.15) is 0 Å². The van der Waals surface area contributed by atoms with E-state index < -0.39 is 5.41 Å². The van der Waals surface area contributed by atoms with Gasteiger partial charge in [0.05, 0.1) is 23.5 Å². The Hall–Kier alpha value is -7.94. The Morgan fingerprint density at radius 1 is 0.468 bits per heavy atom. The molecule has 1 spiro atoms. The fraction of sp³-hybridized carbons (Fsp3) is 0.227. The van der Waals surface area contributed by atoms with E-state index in [1.54, 1.807) is 0 Å². The van der Waals surface area contributed by atoms with Crippen molar-refractivity contribution >= 4 is 22.5 Å². The molecule has 7 aromatic rings. The first-order valence-corrected chi connectivity index (χ1v) is 28.3. The van der Waals surface area contributed by atoms with Gasteiger partial charge in [0.2, 0.25) is 0 Å². The lowest BCUT2D eigenvalue weighted by Crippen LogP contribution is -2.45. The first kappa shape index (κ1) is 48.7. The fourth-order valence-electron chi connectivity index (χ4n) is 13.5. The Labute approximate surface area is 458 Å². The fourth-order valence-corrected chi connectivity index (χ4v) is 13.5. The second-order valence-corrected chi connectivity index (χ2v) is 24.2. The van der Waals surface area contributed by atoms with Gasteiger partial charge in [0, 0.05) is 23.5 Å². The monoisotopic (exact) mass is 999 g/mol. The minimum atomic E-state index is -0.501. The van der Waals surface area contributed by atoms with Crippen molar-refractivity contribution < 1.29 is 0 Å². The van der Waals surface area contributed by atoms with Gasteiger partial charge in [-0.1, -0.05) is 242 Å². The lowest BCUT2D eigenvalue weighted by Gasteiger charge is -2.43. The van der Waals surface area contributed by atoms with Crippen molar-refractivity contribution in [2.45, 2.75) is 108 Å². The minimum absolute atomic E-state index is 0.0118. The Kier molecular flexibility index (Phi) is 12.2. The third kappa shape index (κ3) is 8.49. The van der Waals surface area contributed by atoms with Crippen LogP contribution in [0.25, 0.3) is 44.5 Å². The van der Waals surface area contributed by atoms with E-state index in [2.05, 4.69) is 288 Å². The highest BCUT2D eigenvalue weighted by molar-refractivity contribution is 6.00. The molecular weight excluding hydrogens is 929 g/mol. The molecular formula is C75H70N2. The maximum atomic E-state index is 2.74. The molecule has 6 aliphatic carbocycles. The van der Waals surface area contributed by atoms with Crippen LogP contribution in [0.2, 0.25) is 0 Å². The van der Waals surface area contributed by atoms with Gasteiger partial charge in [-0.05, 0) is 162 Å². The molecule has 2 heteroatoms. The lowest BCUT2D eigenvalue weighted by molar-refractivity contribution is 0.586. The Balaban J connectivity index is 1.08. The molecule has 0 saturated heterocycles. The van der Waals surface area contributed by atoms with Gasteiger partial charge in [-0.3, -0.25) is 0 Å². The predicted octanol–water partition coefficient (Wildman–Crippen LogP) is 18.8. The molecule has 13 rings (SSSR count). The van der Waals surface area contributed by atoms with Crippen molar-refractivity contribution in [3.8, 4) is 33.4 Å². The summed E-state index contributed by atoms with van der Waals surface area (Å²) in [6.07, 6.45) is 35.4. The zero-order chi connectivity index (χ0) is 52.5. The van der Waals surface area contributed by atoms with Crippen LogP contribution >= 0.6 is 0 Å². The molecule has 0 fully saturated rings. The zero-order valence-electron chi connectivity index (χ0n) is 45.7. The van der Waals surface area contributed by atoms with E-state index in [0.717, 1.165) is 32.1 Å². The predicted molar refractivity (Wildman–Crippen MR) is 328 cm³/mol. The molecule has 3 atom stereocenters. The standard InChI is InChI=1S/C75H70N2/c1-73(2,3)56-39-44-66-70(48-56)75(68-33-21-19-31-64(68)65-32-20-22-34-69(65)75)71-49-57(74(4,5)6)47-67(72(66)71)55-45-62(76(58-27-15-9-16-28-58)60-40-35-53(36-41-60)51-23-11-7-12-24-51)50-63(46-55)77(59-29-17-10-18-30-59)61-42-37-54(38-43-61)52-25-13-8-14-26-52/h7-13,15-25,27,29,31-49,58-59,62H,14,26,28,30,50H2,1-6H3. The number of anilines is 2. The van der Waals surface area contributed by atoms with Gasteiger partial charge in [-0.25, -0.2) is 0 Å². The zero-order valence-corrected chi connectivity index (χ0v) is 45.7. The molecule has 0 amide bonds. The van der Waals surface area contributed by atoms with Crippen LogP contribution in [0.15, 0.2) is 242 Å². The summed E-state index contributed by atoms with van der Waals surface area (Å²) < 4.78 is 0. The third-order valence-electron chi connectivity index (χ3n) is 17.4. The second kappa shape index (κ2) is 19.3. The van der Waals surface area contributed by atoms with Gasteiger partial charge in [-0.15, -0.1) is 0 Å². The van der Waals surface area contributed by atoms with Crippen LogP contribution in [-0.2, 0) is 16.2 Å². The number of hydrogen-bond acceptors (Lipinski definition) is 2. The molecule has 380 valence electrons. The maximum absolute atomic E-state index is 2.74. The molecule has 3 unspecified atom stereocenters. The first-order chi connectivity index (χ1) is 37.4. The Morgan fingerprint density at radius 2 is 1.08 bits per heavy atom. The Bertz CT molecular complexity index is 3640. The molecule has 0 radical (unpaired) electrons. The van der Waals surface area contributed by atoms with E-state index in [9.17, 15) is 0 Å². The lowest BCUT2D eigenvalue weighted by atomic mass is 9.68. The number of hydrogen-bond donors (Lipinski definition) is 0. The average Bonchev–Trinajstić information content (AvgIpc) is 4.13. The van der Waals surface area contributed by atoms with Gasteiger partial charge < -0.3 is 9.80 Å². The topological polar surface area (TPSA) is 6.48 Å². The van der Waals surface area contributed by atoms with Crippen LogP contribution in [0, 0.1) is 0 Å². The number of benzene rings is 7. The van der Waals surface area contributed by atoms with E-state index in [4.69, 9.17) is 0 Å². The van der Waals surface area contributed by atoms with E-state index in [1.165, 1.54) is 106 Å². The van der Waals surface area contributed by atoms with Crippen molar-refractivity contribution in [2.24, 2.45) is 0 Å². The van der Waals surface area contributed by atoms with Crippen LogP contribution in [-0.4, -0.2) is 18.1 Å². The SMILES string of the molecule is CC(C)(C)c1ccc2c(c1)C1(c3ccccc3-c3ccccc31)c1cc(C(C)(C)C)cc(C3=CC(N(c4ccc(-c5ccccc5)cc4)C4C=CC=CC4)CC(N(c4ccc(C5=CC=CCC5)cc4)C4C=CC=CC4)=C3)c1-2. The molecule has 0 bridgehead atoms. The van der Waals surface area contributed by atoms with Crippen LogP contribution in [0.3, 0.4) is 0 Å². The highest BCUT2D eigenvalue weighted by atomic mass is 15.2. The third-order valence-corrected chi connectivity index (χ3v) is 17.4. The summed E-state index contributed by atoms with van der Waals surface area (Å²) in [5, 5.41) is 0. The molecule has 0 aromatic heterocycles. The molecule has 2 nitrogen and oxygen atoms in total. The summed E-state index contributed by atoms with van der Waals surface area (Å²) in [5.74, 6) is 0. The van der Waals surface area contributed by atoms with E-state index in [1.807, 2.05) is 0 Å². The van der Waals surface area contributed by atoms with Gasteiger partial charge >= 0.3 is 0 Å². The van der Waals surface area contributed by atoms with Crippen LogP contribution < -0.4 is 9.80 Å². The molecule has 0 N–H and O–H groups in total. The van der Waals surface area contributed by atoms with Crippen LogP contribution in [0.5, 0.6) is 0 Å². The maximum Gasteiger partial charge on any atom is 0.0725 e. The van der Waals surface area contributed by atoms with E-state index in [0.29, 0.717) is 0 Å². The summed E-state index contributed by atoms with van der Waals surface area (Å²) >= 11 is 0. The summed E-state index contributed by atoms with van der Waals surface area (Å²) in [6, 6.07) is 61.3. The minimum Gasteiger partial charge on any atom is -0.358 e. The highest BCUT2D eigenvalue weighted by Crippen LogP contribution is 2.65. The number of rotatable bonds is 9. The van der Waals surface area contributed by atoms with Crippen molar-refractivity contribution in [2.75, 3.05) is 9.80 Å². The molecule has 0 saturated carbocycles. The van der Waals surface area contributed by atoms with Crippen molar-refractivity contribution in [3.05, 3.63) is 287 Å². The summed E-state index contributed by atoms with van der Waals surface area (Å²) in [6.45, 7) is 14.3. The normalized spacial score (nSPS) is 19.5. The van der Waals surface area contributed by atoms with Crippen molar-refractivity contribution in [1.82, 2.24) is 0 Å². The summed E-state index contributed by atoms with van der Waals surface area (Å²) in [4.78, 5) is 5.43. The van der Waals surface area contributed by atoms with Gasteiger partial charge in [0.25, 0.3) is 0 Å². The molecule has 0 heterocycles. The molecule has 6 aliphatic rings. The van der Waals surface area contributed by atoms with Crippen molar-refractivity contribution in [1.29, 1.82) is 0 Å². The molecule has 77 heavy (non-hydrogen) atoms. The second-order valence-electron chi connectivity index (χ2n) is 24.2. The summed E-state index contributed by atoms with van der Waals surface area (Å²) in [7, 11) is 0. The van der Waals surface area contributed by atoms with Crippen LogP contribution in [0.4, 0.5) is 11.4 Å². The summed E-state index contributed by atoms with van der Waals surface area (Å²) in [5.41, 5.74) is 24.5. The average molecular weight is 999 g/mol. The molecule has 7 aromatic carbocycles. The van der Waals surface area contributed by atoms with E-state index in [-0.39, 0.29) is 29.0 Å². The van der Waals surface area contributed by atoms with E-state index >= 15 is 0 Å². The van der Waals surface area contributed by atoms with Gasteiger partial charge in [0.1, 0.15) is 0 Å². The smallest absolute Gasteiger partial charge is 0.0725 e. The number of fused-ring (bicyclic) bond motifs is 10. The molecule has 0 aliphatic heterocycles. The number of allylic oxidation sites excluding steroid dienone is 10. The quantitative estimate of drug-likeness (QED) is 0.142. The van der Waals surface area contributed by atoms with Gasteiger partial charge in [0.15, 0.2) is 0 Å². The van der Waals surface area contributed by atoms with Crippen LogP contribution in [0.1, 0.15) is 118 Å². The van der Waals surface area contributed by atoms with Crippen molar-refractivity contribution in [3.63, 3.8) is 0 Å². The number of nitrogens with zero attached hydrogens (tertiary/aromatic N) is 2. The Morgan fingerprint density at radius 3 is 1.71 bits per heavy atom. The largest absolute Gasteiger partial charge is 0.358 e. The first-order valence-electron chi connectivity index (χ1n) is 28.3. The highest BCUT2D eigenvalue weighted by Gasteiger charge is 2.53.